The second kappa shape index (κ2) is 10.5. The fourth-order valence-corrected chi connectivity index (χ4v) is 3.18. The topological polar surface area (TPSA) is 97.4 Å². The average Bonchev–Trinajstić information content (AvgIpc) is 3.15. The molecule has 3 rings (SSSR count). The number of nitrogens with one attached hydrogen (secondary N) is 1. The van der Waals surface area contributed by atoms with Crippen LogP contribution in [0.2, 0.25) is 0 Å². The fourth-order valence-electron chi connectivity index (χ4n) is 2.66. The number of ether oxygens (including phenoxy) is 2. The molecule has 1 N–H and O–H groups in total. The molecule has 0 saturated heterocycles. The number of hydrogen-bond donors (Lipinski definition) is 1. The second-order valence-corrected chi connectivity index (χ2v) is 7.50. The molecule has 0 fully saturated rings. The van der Waals surface area contributed by atoms with Gasteiger partial charge in [0.1, 0.15) is 42.1 Å². The predicted molar refractivity (Wildman–Crippen MR) is 120 cm³/mol. The SMILES string of the molecule is Cc1cccc(OCCOc2ccc(C=C(C#N)C(=O)Nc3cc(C)on3)cc2Br)c1. The van der Waals surface area contributed by atoms with Crippen molar-refractivity contribution in [2.24, 2.45) is 0 Å². The van der Waals surface area contributed by atoms with Gasteiger partial charge in [-0.1, -0.05) is 23.4 Å². The van der Waals surface area contributed by atoms with Gasteiger partial charge in [-0.15, -0.1) is 0 Å². The number of nitriles is 1. The first-order valence-electron chi connectivity index (χ1n) is 9.43. The molecule has 0 unspecified atom stereocenters. The van der Waals surface area contributed by atoms with E-state index in [0.29, 0.717) is 34.8 Å². The van der Waals surface area contributed by atoms with Crippen molar-refractivity contribution < 1.29 is 18.8 Å². The van der Waals surface area contributed by atoms with E-state index in [9.17, 15) is 10.1 Å². The van der Waals surface area contributed by atoms with Crippen molar-refractivity contribution in [2.45, 2.75) is 13.8 Å². The van der Waals surface area contributed by atoms with Gasteiger partial charge < -0.3 is 19.3 Å². The van der Waals surface area contributed by atoms with Crippen LogP contribution in [0.15, 0.2) is 63.1 Å². The van der Waals surface area contributed by atoms with Crippen LogP contribution in [-0.4, -0.2) is 24.3 Å². The molecule has 1 amide bonds. The molecular formula is C23H20BrN3O4. The average molecular weight is 482 g/mol. The van der Waals surface area contributed by atoms with Crippen molar-refractivity contribution in [3.8, 4) is 17.6 Å². The largest absolute Gasteiger partial charge is 0.490 e. The van der Waals surface area contributed by atoms with Gasteiger partial charge in [0.2, 0.25) is 0 Å². The molecular weight excluding hydrogens is 462 g/mol. The Bertz CT molecular complexity index is 1150. The molecule has 0 atom stereocenters. The van der Waals surface area contributed by atoms with E-state index in [1.54, 1.807) is 31.2 Å². The van der Waals surface area contributed by atoms with Gasteiger partial charge in [0.05, 0.1) is 4.47 Å². The van der Waals surface area contributed by atoms with E-state index in [4.69, 9.17) is 14.0 Å². The maximum atomic E-state index is 12.3. The summed E-state index contributed by atoms with van der Waals surface area (Å²) < 4.78 is 17.0. The summed E-state index contributed by atoms with van der Waals surface area (Å²) in [4.78, 5) is 12.3. The van der Waals surface area contributed by atoms with Gasteiger partial charge >= 0.3 is 0 Å². The molecule has 158 valence electrons. The number of aromatic nitrogens is 1. The van der Waals surface area contributed by atoms with Crippen LogP contribution in [0.25, 0.3) is 6.08 Å². The first-order valence-corrected chi connectivity index (χ1v) is 10.2. The van der Waals surface area contributed by atoms with Crippen molar-refractivity contribution in [1.82, 2.24) is 5.16 Å². The van der Waals surface area contributed by atoms with Gasteiger partial charge in [0.25, 0.3) is 5.91 Å². The summed E-state index contributed by atoms with van der Waals surface area (Å²) in [5.41, 5.74) is 1.73. The zero-order valence-electron chi connectivity index (χ0n) is 17.0. The third-order valence-corrected chi connectivity index (χ3v) is 4.72. The quantitative estimate of drug-likeness (QED) is 0.274. The van der Waals surface area contributed by atoms with Gasteiger partial charge in [0.15, 0.2) is 5.82 Å². The highest BCUT2D eigenvalue weighted by atomic mass is 79.9. The molecule has 1 aromatic heterocycles. The summed E-state index contributed by atoms with van der Waals surface area (Å²) in [7, 11) is 0. The van der Waals surface area contributed by atoms with Crippen LogP contribution in [0.4, 0.5) is 5.82 Å². The summed E-state index contributed by atoms with van der Waals surface area (Å²) in [6, 6.07) is 16.6. The van der Waals surface area contributed by atoms with E-state index in [1.807, 2.05) is 37.3 Å². The Morgan fingerprint density at radius 2 is 2.00 bits per heavy atom. The van der Waals surface area contributed by atoms with Crippen LogP contribution >= 0.6 is 15.9 Å². The Kier molecular flexibility index (Phi) is 7.46. The minimum Gasteiger partial charge on any atom is -0.490 e. The van der Waals surface area contributed by atoms with E-state index in [2.05, 4.69) is 26.4 Å². The monoisotopic (exact) mass is 481 g/mol. The van der Waals surface area contributed by atoms with E-state index >= 15 is 0 Å². The van der Waals surface area contributed by atoms with Crippen molar-refractivity contribution in [3.63, 3.8) is 0 Å². The lowest BCUT2D eigenvalue weighted by Crippen LogP contribution is -2.13. The molecule has 0 saturated carbocycles. The third-order valence-electron chi connectivity index (χ3n) is 4.10. The number of nitrogens with zero attached hydrogens (tertiary/aromatic N) is 2. The first-order chi connectivity index (χ1) is 14.9. The molecule has 2 aromatic carbocycles. The summed E-state index contributed by atoms with van der Waals surface area (Å²) in [5, 5.41) is 15.6. The maximum Gasteiger partial charge on any atom is 0.267 e. The van der Waals surface area contributed by atoms with Crippen molar-refractivity contribution >= 4 is 33.7 Å². The smallest absolute Gasteiger partial charge is 0.267 e. The van der Waals surface area contributed by atoms with Gasteiger partial charge in [0, 0.05) is 6.07 Å². The fraction of sp³-hybridized carbons (Fsp3) is 0.174. The normalized spacial score (nSPS) is 11.0. The summed E-state index contributed by atoms with van der Waals surface area (Å²) in [6.45, 7) is 4.48. The molecule has 1 heterocycles. The molecule has 31 heavy (non-hydrogen) atoms. The van der Waals surface area contributed by atoms with Crippen LogP contribution in [0.1, 0.15) is 16.9 Å². The lowest BCUT2D eigenvalue weighted by atomic mass is 10.1. The number of hydrogen-bond acceptors (Lipinski definition) is 6. The Labute approximate surface area is 188 Å². The number of carbonyl (C=O) groups is 1. The third kappa shape index (κ3) is 6.46. The molecule has 7 nitrogen and oxygen atoms in total. The second-order valence-electron chi connectivity index (χ2n) is 6.65. The Morgan fingerprint density at radius 1 is 1.19 bits per heavy atom. The van der Waals surface area contributed by atoms with Crippen LogP contribution in [0, 0.1) is 25.2 Å². The number of rotatable bonds is 8. The van der Waals surface area contributed by atoms with Crippen LogP contribution in [0.3, 0.4) is 0 Å². The highest BCUT2D eigenvalue weighted by molar-refractivity contribution is 9.10. The molecule has 0 aliphatic rings. The number of carbonyl (C=O) groups excluding carboxylic acids is 1. The maximum absolute atomic E-state index is 12.3. The highest BCUT2D eigenvalue weighted by Gasteiger charge is 2.12. The number of aryl methyl sites for hydroxylation is 2. The Hall–Kier alpha value is -3.57. The van der Waals surface area contributed by atoms with Gasteiger partial charge in [-0.3, -0.25) is 4.79 Å². The molecule has 0 spiro atoms. The minimum absolute atomic E-state index is 0.0622. The summed E-state index contributed by atoms with van der Waals surface area (Å²) >= 11 is 3.46. The van der Waals surface area contributed by atoms with Gasteiger partial charge in [-0.05, 0) is 71.2 Å². The van der Waals surface area contributed by atoms with Crippen molar-refractivity contribution in [3.05, 3.63) is 75.5 Å². The van der Waals surface area contributed by atoms with Crippen LogP contribution in [0.5, 0.6) is 11.5 Å². The zero-order valence-corrected chi connectivity index (χ0v) is 18.6. The van der Waals surface area contributed by atoms with Crippen LogP contribution in [-0.2, 0) is 4.79 Å². The van der Waals surface area contributed by atoms with E-state index in [-0.39, 0.29) is 11.4 Å². The molecule has 0 aliphatic carbocycles. The number of anilines is 1. The van der Waals surface area contributed by atoms with Crippen molar-refractivity contribution in [1.29, 1.82) is 5.26 Å². The Balaban J connectivity index is 1.58. The van der Waals surface area contributed by atoms with E-state index < -0.39 is 5.91 Å². The minimum atomic E-state index is -0.569. The lowest BCUT2D eigenvalue weighted by molar-refractivity contribution is -0.112. The first kappa shape index (κ1) is 22.1. The van der Waals surface area contributed by atoms with E-state index in [0.717, 1.165) is 11.3 Å². The Morgan fingerprint density at radius 3 is 2.68 bits per heavy atom. The zero-order chi connectivity index (χ0) is 22.2. The highest BCUT2D eigenvalue weighted by Crippen LogP contribution is 2.27. The van der Waals surface area contributed by atoms with Gasteiger partial charge in [-0.2, -0.15) is 5.26 Å². The molecule has 0 aliphatic heterocycles. The van der Waals surface area contributed by atoms with Gasteiger partial charge in [-0.25, -0.2) is 0 Å². The standard InChI is InChI=1S/C23H20BrN3O4/c1-15-4-3-5-19(10-15)29-8-9-30-21-7-6-17(13-20(21)24)12-18(14-25)23(28)26-22-11-16(2)31-27-22/h3-7,10-13H,8-9H2,1-2H3,(H,26,27,28). The molecule has 3 aromatic rings. The van der Waals surface area contributed by atoms with E-state index in [1.165, 1.54) is 6.08 Å². The molecule has 0 bridgehead atoms. The van der Waals surface area contributed by atoms with Crippen LogP contribution < -0.4 is 14.8 Å². The molecule has 8 heteroatoms. The molecule has 0 radical (unpaired) electrons. The number of benzene rings is 2. The summed E-state index contributed by atoms with van der Waals surface area (Å²) in [5.74, 6) is 1.67. The lowest BCUT2D eigenvalue weighted by Gasteiger charge is -2.10. The number of halogens is 1. The number of amides is 1. The predicted octanol–water partition coefficient (Wildman–Crippen LogP) is 5.06. The summed E-state index contributed by atoms with van der Waals surface area (Å²) in [6.07, 6.45) is 1.48. The van der Waals surface area contributed by atoms with Crippen molar-refractivity contribution in [2.75, 3.05) is 18.5 Å².